The normalized spacial score (nSPS) is 14.7. The minimum Gasteiger partial charge on any atom is -0.494 e. The minimum atomic E-state index is -0.372. The molecule has 0 aromatic heterocycles. The van der Waals surface area contributed by atoms with Gasteiger partial charge in [0, 0.05) is 31.5 Å². The lowest BCUT2D eigenvalue weighted by Crippen LogP contribution is -2.37. The molecule has 32 heavy (non-hydrogen) atoms. The molecular formula is C24H24N2O5S. The first-order valence-corrected chi connectivity index (χ1v) is 11.1. The fraction of sp³-hybridized carbons (Fsp3) is 0.250. The van der Waals surface area contributed by atoms with E-state index in [2.05, 4.69) is 5.32 Å². The van der Waals surface area contributed by atoms with Gasteiger partial charge in [0.15, 0.2) is 5.78 Å². The van der Waals surface area contributed by atoms with E-state index >= 15 is 0 Å². The number of carbonyl (C=O) groups is 4. The second kappa shape index (κ2) is 11.3. The van der Waals surface area contributed by atoms with Gasteiger partial charge in [-0.2, -0.15) is 0 Å². The lowest BCUT2D eigenvalue weighted by molar-refractivity contribution is -0.124. The van der Waals surface area contributed by atoms with Crippen LogP contribution < -0.4 is 10.1 Å². The summed E-state index contributed by atoms with van der Waals surface area (Å²) in [6.07, 6.45) is 1.78. The number of benzene rings is 2. The molecule has 0 bridgehead atoms. The summed E-state index contributed by atoms with van der Waals surface area (Å²) in [6, 6.07) is 16.1. The molecule has 1 aliphatic heterocycles. The topological polar surface area (TPSA) is 92.8 Å². The van der Waals surface area contributed by atoms with Gasteiger partial charge in [-0.3, -0.25) is 24.1 Å². The van der Waals surface area contributed by atoms with Crippen LogP contribution in [-0.4, -0.2) is 47.4 Å². The number of imide groups is 1. The van der Waals surface area contributed by atoms with Gasteiger partial charge >= 0.3 is 0 Å². The Hall–Kier alpha value is -3.39. The summed E-state index contributed by atoms with van der Waals surface area (Å²) in [5.41, 5.74) is 1.35. The molecule has 1 saturated heterocycles. The Kier molecular flexibility index (Phi) is 8.21. The average Bonchev–Trinajstić information content (AvgIpc) is 3.06. The lowest BCUT2D eigenvalue weighted by Gasteiger charge is -2.13. The van der Waals surface area contributed by atoms with Gasteiger partial charge in [0.05, 0.1) is 11.5 Å². The molecule has 0 aliphatic carbocycles. The number of Topliss-reactive ketones (excluding diaryl/α,β-unsaturated/α-hetero) is 1. The van der Waals surface area contributed by atoms with Crippen molar-refractivity contribution in [1.29, 1.82) is 0 Å². The minimum absolute atomic E-state index is 0.0296. The molecule has 8 heteroatoms. The molecule has 1 fully saturated rings. The van der Waals surface area contributed by atoms with Crippen LogP contribution in [0.4, 0.5) is 4.79 Å². The predicted octanol–water partition coefficient (Wildman–Crippen LogP) is 3.90. The van der Waals surface area contributed by atoms with Crippen LogP contribution in [-0.2, 0) is 9.59 Å². The van der Waals surface area contributed by atoms with Crippen molar-refractivity contribution < 1.29 is 23.9 Å². The van der Waals surface area contributed by atoms with Crippen molar-refractivity contribution in [3.63, 3.8) is 0 Å². The zero-order valence-corrected chi connectivity index (χ0v) is 18.5. The molecule has 3 amide bonds. The highest BCUT2D eigenvalue weighted by atomic mass is 32.2. The van der Waals surface area contributed by atoms with Gasteiger partial charge in [-0.15, -0.1) is 0 Å². The van der Waals surface area contributed by atoms with Crippen LogP contribution in [0.5, 0.6) is 5.75 Å². The predicted molar refractivity (Wildman–Crippen MR) is 123 cm³/mol. The highest BCUT2D eigenvalue weighted by molar-refractivity contribution is 8.18. The summed E-state index contributed by atoms with van der Waals surface area (Å²) in [5, 5.41) is 2.30. The molecular weight excluding hydrogens is 428 g/mol. The number of carbonyl (C=O) groups excluding carboxylic acids is 4. The molecule has 0 radical (unpaired) electrons. The molecule has 7 nitrogen and oxygen atoms in total. The molecule has 2 aromatic carbocycles. The molecule has 1 aliphatic rings. The average molecular weight is 453 g/mol. The maximum absolute atomic E-state index is 12.5. The van der Waals surface area contributed by atoms with E-state index in [1.165, 1.54) is 0 Å². The van der Waals surface area contributed by atoms with Crippen molar-refractivity contribution >= 4 is 40.7 Å². The van der Waals surface area contributed by atoms with Gasteiger partial charge in [0.25, 0.3) is 11.1 Å². The van der Waals surface area contributed by atoms with Crippen molar-refractivity contribution in [2.45, 2.75) is 19.8 Å². The molecule has 0 atom stereocenters. The number of rotatable bonds is 10. The molecule has 3 rings (SSSR count). The number of thioether (sulfide) groups is 1. The summed E-state index contributed by atoms with van der Waals surface area (Å²) in [4.78, 5) is 50.4. The van der Waals surface area contributed by atoms with Gasteiger partial charge in [0.2, 0.25) is 5.91 Å². The molecule has 166 valence electrons. The van der Waals surface area contributed by atoms with Crippen molar-refractivity contribution in [3.8, 4) is 5.75 Å². The fourth-order valence-electron chi connectivity index (χ4n) is 3.06. The number of hydrogen-bond acceptors (Lipinski definition) is 6. The van der Waals surface area contributed by atoms with Crippen LogP contribution in [0.15, 0.2) is 59.5 Å². The lowest BCUT2D eigenvalue weighted by atomic mass is 10.1. The van der Waals surface area contributed by atoms with E-state index < -0.39 is 0 Å². The third kappa shape index (κ3) is 6.31. The summed E-state index contributed by atoms with van der Waals surface area (Å²) < 4.78 is 5.34. The number of ketones is 1. The monoisotopic (exact) mass is 452 g/mol. The van der Waals surface area contributed by atoms with Crippen LogP contribution in [0.25, 0.3) is 6.08 Å². The van der Waals surface area contributed by atoms with Gasteiger partial charge in [0.1, 0.15) is 5.75 Å². The Morgan fingerprint density at radius 1 is 1.03 bits per heavy atom. The second-order valence-corrected chi connectivity index (χ2v) is 7.97. The Morgan fingerprint density at radius 3 is 2.44 bits per heavy atom. The SMILES string of the molecule is CCOc1ccc(C(=O)CCC(=O)NCCN2C(=O)S/C(=C\c3ccccc3)C2=O)cc1. The van der Waals surface area contributed by atoms with E-state index in [-0.39, 0.29) is 48.8 Å². The summed E-state index contributed by atoms with van der Waals surface area (Å²) in [5.74, 6) is -0.132. The third-order valence-electron chi connectivity index (χ3n) is 4.69. The number of hydrogen-bond donors (Lipinski definition) is 1. The van der Waals surface area contributed by atoms with Crippen LogP contribution in [0.1, 0.15) is 35.7 Å². The van der Waals surface area contributed by atoms with E-state index in [0.717, 1.165) is 22.2 Å². The molecule has 0 saturated carbocycles. The maximum atomic E-state index is 12.5. The number of nitrogens with zero attached hydrogens (tertiary/aromatic N) is 1. The van der Waals surface area contributed by atoms with Crippen molar-refractivity contribution in [1.82, 2.24) is 10.2 Å². The van der Waals surface area contributed by atoms with Crippen LogP contribution in [0.2, 0.25) is 0 Å². The maximum Gasteiger partial charge on any atom is 0.293 e. The van der Waals surface area contributed by atoms with E-state index in [1.807, 2.05) is 37.3 Å². The molecule has 0 spiro atoms. The smallest absolute Gasteiger partial charge is 0.293 e. The van der Waals surface area contributed by atoms with Crippen LogP contribution in [0.3, 0.4) is 0 Å². The van der Waals surface area contributed by atoms with Gasteiger partial charge in [-0.05, 0) is 54.6 Å². The molecule has 1 N–H and O–H groups in total. The van der Waals surface area contributed by atoms with Crippen molar-refractivity contribution in [2.75, 3.05) is 19.7 Å². The summed E-state index contributed by atoms with van der Waals surface area (Å²) in [6.45, 7) is 2.64. The molecule has 1 heterocycles. The van der Waals surface area contributed by atoms with Gasteiger partial charge in [-0.1, -0.05) is 30.3 Å². The summed E-state index contributed by atoms with van der Waals surface area (Å²) >= 11 is 0.883. The highest BCUT2D eigenvalue weighted by Crippen LogP contribution is 2.31. The van der Waals surface area contributed by atoms with E-state index in [4.69, 9.17) is 4.74 Å². The molecule has 2 aromatic rings. The zero-order valence-electron chi connectivity index (χ0n) is 17.7. The Balaban J connectivity index is 1.42. The van der Waals surface area contributed by atoms with Gasteiger partial charge in [-0.25, -0.2) is 0 Å². The Labute approximate surface area is 190 Å². The first-order valence-electron chi connectivity index (χ1n) is 10.3. The third-order valence-corrected chi connectivity index (χ3v) is 5.60. The standard InChI is InChI=1S/C24H24N2O5S/c1-2-31-19-10-8-18(9-11-19)20(27)12-13-22(28)25-14-15-26-23(29)21(32-24(26)30)16-17-6-4-3-5-7-17/h3-11,16H,2,12-15H2,1H3,(H,25,28)/b21-16-. The van der Waals surface area contributed by atoms with E-state index in [0.29, 0.717) is 22.8 Å². The van der Waals surface area contributed by atoms with Crippen LogP contribution >= 0.6 is 11.8 Å². The zero-order chi connectivity index (χ0) is 22.9. The first kappa shape index (κ1) is 23.3. The Morgan fingerprint density at radius 2 is 1.75 bits per heavy atom. The van der Waals surface area contributed by atoms with E-state index in [1.54, 1.807) is 30.3 Å². The summed E-state index contributed by atoms with van der Waals surface area (Å²) in [7, 11) is 0. The van der Waals surface area contributed by atoms with Crippen molar-refractivity contribution in [3.05, 3.63) is 70.6 Å². The van der Waals surface area contributed by atoms with Gasteiger partial charge < -0.3 is 10.1 Å². The molecule has 0 unspecified atom stereocenters. The van der Waals surface area contributed by atoms with Crippen LogP contribution in [0, 0.1) is 0 Å². The number of nitrogens with one attached hydrogen (secondary N) is 1. The quantitative estimate of drug-likeness (QED) is 0.434. The largest absolute Gasteiger partial charge is 0.494 e. The number of amides is 3. The number of ether oxygens (including phenoxy) is 1. The Bertz CT molecular complexity index is 1020. The second-order valence-electron chi connectivity index (χ2n) is 6.97. The van der Waals surface area contributed by atoms with Crippen molar-refractivity contribution in [2.24, 2.45) is 0 Å². The first-order chi connectivity index (χ1) is 15.5. The fourth-order valence-corrected chi connectivity index (χ4v) is 3.93. The highest BCUT2D eigenvalue weighted by Gasteiger charge is 2.34. The van der Waals surface area contributed by atoms with E-state index in [9.17, 15) is 19.2 Å².